The van der Waals surface area contributed by atoms with Crippen LogP contribution in [0.5, 0.6) is 5.75 Å². The molecule has 10 nitrogen and oxygen atoms in total. The van der Waals surface area contributed by atoms with Gasteiger partial charge in [-0.1, -0.05) is 36.4 Å². The van der Waals surface area contributed by atoms with Gasteiger partial charge in [-0.15, -0.1) is 0 Å². The number of nitrogens with one attached hydrogen (secondary N) is 2. The molecular weight excluding hydrogens is 558 g/mol. The van der Waals surface area contributed by atoms with E-state index in [1.54, 1.807) is 13.0 Å². The Labute approximate surface area is 257 Å². The molecule has 1 aromatic heterocycles. The quantitative estimate of drug-likeness (QED) is 0.153. The first kappa shape index (κ1) is 30.7. The number of fused-ring (bicyclic) bond motifs is 1. The van der Waals surface area contributed by atoms with Crippen molar-refractivity contribution >= 4 is 23.9 Å². The second-order valence-electron chi connectivity index (χ2n) is 11.3. The summed E-state index contributed by atoms with van der Waals surface area (Å²) in [5.41, 5.74) is 5.90. The minimum absolute atomic E-state index is 0.0443. The molecule has 10 heteroatoms. The summed E-state index contributed by atoms with van der Waals surface area (Å²) in [6, 6.07) is 17.9. The van der Waals surface area contributed by atoms with Gasteiger partial charge in [-0.05, 0) is 66.6 Å². The number of ether oxygens (including phenoxy) is 2. The fourth-order valence-electron chi connectivity index (χ4n) is 5.88. The molecule has 2 aromatic carbocycles. The number of nitrogens with zero attached hydrogens (tertiary/aromatic N) is 3. The van der Waals surface area contributed by atoms with Crippen molar-refractivity contribution in [2.24, 2.45) is 5.92 Å². The summed E-state index contributed by atoms with van der Waals surface area (Å²) in [6.07, 6.45) is 2.36. The molecule has 1 unspecified atom stereocenters. The largest absolute Gasteiger partial charge is 0.488 e. The molecule has 44 heavy (non-hydrogen) atoms. The molecule has 1 saturated heterocycles. The molecule has 3 aromatic rings. The average molecular weight is 598 g/mol. The molecule has 2 aliphatic rings. The zero-order valence-corrected chi connectivity index (χ0v) is 25.4. The van der Waals surface area contributed by atoms with E-state index < -0.39 is 5.97 Å². The van der Waals surface area contributed by atoms with Crippen LogP contribution in [0.4, 0.5) is 5.82 Å². The van der Waals surface area contributed by atoms with Crippen LogP contribution < -0.4 is 10.1 Å². The molecular formula is C34H39N5O5. The Morgan fingerprint density at radius 2 is 2.00 bits per heavy atom. The highest BCUT2D eigenvalue weighted by molar-refractivity contribution is 6.08. The first-order chi connectivity index (χ1) is 21.2. The Bertz CT molecular complexity index is 1590. The van der Waals surface area contributed by atoms with Gasteiger partial charge in [-0.3, -0.25) is 9.69 Å². The van der Waals surface area contributed by atoms with Gasteiger partial charge in [0.1, 0.15) is 23.7 Å². The molecule has 0 saturated carbocycles. The molecule has 3 heterocycles. The maximum atomic E-state index is 11.9. The predicted molar refractivity (Wildman–Crippen MR) is 169 cm³/mol. The fourth-order valence-corrected chi connectivity index (χ4v) is 5.88. The van der Waals surface area contributed by atoms with Crippen molar-refractivity contribution in [1.82, 2.24) is 14.8 Å². The number of likely N-dealkylation sites (tertiary alicyclic amines) is 1. The lowest BCUT2D eigenvalue weighted by Gasteiger charge is -2.31. The van der Waals surface area contributed by atoms with Crippen molar-refractivity contribution in [3.8, 4) is 17.0 Å². The number of aliphatic carboxylic acids is 1. The van der Waals surface area contributed by atoms with Crippen LogP contribution in [0.25, 0.3) is 11.3 Å². The molecule has 1 amide bonds. The second kappa shape index (κ2) is 13.7. The number of anilines is 1. The molecule has 230 valence electrons. The van der Waals surface area contributed by atoms with Gasteiger partial charge in [0.25, 0.3) is 0 Å². The summed E-state index contributed by atoms with van der Waals surface area (Å²) in [5.74, 6) is 0.448. The lowest BCUT2D eigenvalue weighted by atomic mass is 9.96. The maximum Gasteiger partial charge on any atom is 0.342 e. The summed E-state index contributed by atoms with van der Waals surface area (Å²) in [5, 5.41) is 19.9. The van der Waals surface area contributed by atoms with Gasteiger partial charge in [-0.25, -0.2) is 9.78 Å². The summed E-state index contributed by atoms with van der Waals surface area (Å²) < 4.78 is 11.9. The molecule has 1 fully saturated rings. The van der Waals surface area contributed by atoms with Crippen LogP contribution >= 0.6 is 0 Å². The normalized spacial score (nSPS) is 17.1. The number of aryl methyl sites for hydroxylation is 1. The Morgan fingerprint density at radius 1 is 1.18 bits per heavy atom. The molecule has 0 aliphatic carbocycles. The standard InChI is InChI=1S/C34H39N5O5/c1-4-43-33(28(17-35)34(41)42)37-30-10-6-9-29(36-30)27-8-5-7-22(2)32(27)44-21-23-11-12-26-20-39(14-13-25(26)15-23)19-24-16-31(40)38(3)18-24/h5-12,15,17,24,35H,4,13-14,16,18-21H2,1-3H3,(H,36,37)(H,41,42)/b33-28-,35-17?. The van der Waals surface area contributed by atoms with Gasteiger partial charge in [0, 0.05) is 51.4 Å². The SMILES string of the molecule is CCO/C(Nc1cccc(-c2cccc(C)c2OCc2ccc3c(c2)CCN(CC2CC(=O)N(C)C2)C3)n1)=C(/C=N)C(=O)O. The van der Waals surface area contributed by atoms with E-state index in [1.165, 1.54) is 11.1 Å². The smallest absolute Gasteiger partial charge is 0.342 e. The Balaban J connectivity index is 1.29. The lowest BCUT2D eigenvalue weighted by molar-refractivity contribution is -0.132. The summed E-state index contributed by atoms with van der Waals surface area (Å²) >= 11 is 0. The molecule has 0 bridgehead atoms. The third-order valence-corrected chi connectivity index (χ3v) is 8.07. The number of hydrogen-bond donors (Lipinski definition) is 3. The number of para-hydroxylation sites is 1. The monoisotopic (exact) mass is 597 g/mol. The number of hydrogen-bond acceptors (Lipinski definition) is 8. The summed E-state index contributed by atoms with van der Waals surface area (Å²) in [7, 11) is 1.89. The minimum Gasteiger partial charge on any atom is -0.488 e. The Morgan fingerprint density at radius 3 is 2.73 bits per heavy atom. The van der Waals surface area contributed by atoms with Crippen LogP contribution in [0.3, 0.4) is 0 Å². The number of carbonyl (C=O) groups is 2. The van der Waals surface area contributed by atoms with Crippen LogP contribution in [0, 0.1) is 18.3 Å². The van der Waals surface area contributed by atoms with Crippen LogP contribution in [-0.4, -0.2) is 71.3 Å². The van der Waals surface area contributed by atoms with Crippen LogP contribution in [0.15, 0.2) is 66.1 Å². The molecule has 0 spiro atoms. The van der Waals surface area contributed by atoms with Crippen molar-refractivity contribution in [3.05, 3.63) is 88.3 Å². The van der Waals surface area contributed by atoms with E-state index in [0.29, 0.717) is 30.5 Å². The molecule has 5 rings (SSSR count). The number of carboxylic acid groups (broad SMARTS) is 1. The van der Waals surface area contributed by atoms with E-state index in [9.17, 15) is 14.7 Å². The van der Waals surface area contributed by atoms with E-state index in [1.807, 2.05) is 49.2 Å². The van der Waals surface area contributed by atoms with Gasteiger partial charge in [0.2, 0.25) is 11.8 Å². The van der Waals surface area contributed by atoms with E-state index >= 15 is 0 Å². The van der Waals surface area contributed by atoms with Gasteiger partial charge in [-0.2, -0.15) is 0 Å². The molecule has 2 aliphatic heterocycles. The first-order valence-electron chi connectivity index (χ1n) is 14.9. The van der Waals surface area contributed by atoms with Crippen molar-refractivity contribution in [1.29, 1.82) is 5.41 Å². The van der Waals surface area contributed by atoms with Gasteiger partial charge >= 0.3 is 5.97 Å². The highest BCUT2D eigenvalue weighted by Gasteiger charge is 2.29. The van der Waals surface area contributed by atoms with E-state index in [2.05, 4.69) is 28.4 Å². The van der Waals surface area contributed by atoms with Crippen molar-refractivity contribution in [2.45, 2.75) is 39.8 Å². The number of aromatic nitrogens is 1. The molecule has 1 atom stereocenters. The zero-order valence-electron chi connectivity index (χ0n) is 25.4. The Kier molecular flexibility index (Phi) is 9.59. The van der Waals surface area contributed by atoms with E-state index in [-0.39, 0.29) is 24.0 Å². The van der Waals surface area contributed by atoms with Gasteiger partial charge < -0.3 is 30.2 Å². The number of rotatable bonds is 12. The van der Waals surface area contributed by atoms with Gasteiger partial charge in [0.05, 0.1) is 12.3 Å². The van der Waals surface area contributed by atoms with Crippen LogP contribution in [0.2, 0.25) is 0 Å². The average Bonchev–Trinajstić information content (AvgIpc) is 3.32. The highest BCUT2D eigenvalue weighted by Crippen LogP contribution is 2.34. The predicted octanol–water partition coefficient (Wildman–Crippen LogP) is 4.87. The lowest BCUT2D eigenvalue weighted by Crippen LogP contribution is -2.35. The first-order valence-corrected chi connectivity index (χ1v) is 14.9. The topological polar surface area (TPSA) is 128 Å². The van der Waals surface area contributed by atoms with Crippen LogP contribution in [-0.2, 0) is 33.9 Å². The van der Waals surface area contributed by atoms with Crippen molar-refractivity contribution in [3.63, 3.8) is 0 Å². The third kappa shape index (κ3) is 7.08. The van der Waals surface area contributed by atoms with Crippen LogP contribution in [0.1, 0.15) is 35.6 Å². The number of benzene rings is 2. The fraction of sp³-hybridized carbons (Fsp3) is 0.353. The maximum absolute atomic E-state index is 11.9. The van der Waals surface area contributed by atoms with Gasteiger partial charge in [0.15, 0.2) is 0 Å². The second-order valence-corrected chi connectivity index (χ2v) is 11.3. The number of pyridine rings is 1. The summed E-state index contributed by atoms with van der Waals surface area (Å²) in [6.45, 7) is 8.05. The summed E-state index contributed by atoms with van der Waals surface area (Å²) in [4.78, 5) is 32.5. The number of amides is 1. The van der Waals surface area contributed by atoms with Crippen molar-refractivity contribution in [2.75, 3.05) is 38.6 Å². The van der Waals surface area contributed by atoms with Crippen molar-refractivity contribution < 1.29 is 24.2 Å². The molecule has 0 radical (unpaired) electrons. The third-order valence-electron chi connectivity index (χ3n) is 8.07. The zero-order chi connectivity index (χ0) is 31.2. The molecule has 3 N–H and O–H groups in total. The highest BCUT2D eigenvalue weighted by atomic mass is 16.5. The van der Waals surface area contributed by atoms with E-state index in [4.69, 9.17) is 19.9 Å². The number of carboxylic acids is 1. The minimum atomic E-state index is -1.27. The van der Waals surface area contributed by atoms with E-state index in [0.717, 1.165) is 61.3 Å². The Hall–Kier alpha value is -4.70. The number of carbonyl (C=O) groups excluding carboxylic acids is 1.